The first-order chi connectivity index (χ1) is 14.6. The lowest BCUT2D eigenvalue weighted by atomic mass is 9.43. The highest BCUT2D eigenvalue weighted by atomic mass is 16.5. The van der Waals surface area contributed by atoms with Gasteiger partial charge < -0.3 is 14.9 Å². The van der Waals surface area contributed by atoms with Gasteiger partial charge in [0.25, 0.3) is 0 Å². The summed E-state index contributed by atoms with van der Waals surface area (Å²) in [5.74, 6) is 2.00. The summed E-state index contributed by atoms with van der Waals surface area (Å²) >= 11 is 0. The molecule has 0 bridgehead atoms. The Morgan fingerprint density at radius 1 is 1.03 bits per heavy atom. The van der Waals surface area contributed by atoms with E-state index in [0.717, 1.165) is 38.5 Å². The molecule has 4 saturated carbocycles. The predicted molar refractivity (Wildman–Crippen MR) is 118 cm³/mol. The van der Waals surface area contributed by atoms with Gasteiger partial charge in [-0.2, -0.15) is 0 Å². The topological polar surface area (TPSA) is 83.8 Å². The number of hydrogen-bond donors (Lipinski definition) is 2. The number of aliphatic hydroxyl groups excluding tert-OH is 1. The zero-order valence-electron chi connectivity index (χ0n) is 19.8. The van der Waals surface area contributed by atoms with Crippen LogP contribution in [0.1, 0.15) is 91.9 Å². The van der Waals surface area contributed by atoms with E-state index in [1.807, 2.05) is 0 Å². The molecule has 5 nitrogen and oxygen atoms in total. The van der Waals surface area contributed by atoms with Crippen molar-refractivity contribution in [3.63, 3.8) is 0 Å². The minimum Gasteiger partial charge on any atom is -0.481 e. The number of ether oxygens (including phenoxy) is 1. The normalized spacial score (nSPS) is 47.6. The molecule has 0 spiro atoms. The van der Waals surface area contributed by atoms with Crippen molar-refractivity contribution >= 4 is 11.9 Å². The summed E-state index contributed by atoms with van der Waals surface area (Å²) in [4.78, 5) is 23.2. The number of carbonyl (C=O) groups is 2. The van der Waals surface area contributed by atoms with Crippen molar-refractivity contribution in [1.29, 1.82) is 0 Å². The molecule has 2 N–H and O–H groups in total. The summed E-state index contributed by atoms with van der Waals surface area (Å²) in [6.45, 7) is 8.69. The summed E-state index contributed by atoms with van der Waals surface area (Å²) in [5, 5.41) is 19.5. The number of rotatable bonds is 5. The molecule has 0 heterocycles. The molecule has 10 atom stereocenters. The molecule has 0 aromatic carbocycles. The Labute approximate surface area is 187 Å². The quantitative estimate of drug-likeness (QED) is 0.592. The van der Waals surface area contributed by atoms with Gasteiger partial charge in [0.15, 0.2) is 0 Å². The van der Waals surface area contributed by atoms with Crippen LogP contribution in [0.4, 0.5) is 0 Å². The molecule has 0 saturated heterocycles. The summed E-state index contributed by atoms with van der Waals surface area (Å²) < 4.78 is 6.02. The fraction of sp³-hybridized carbons (Fsp3) is 0.923. The van der Waals surface area contributed by atoms with Crippen LogP contribution in [0.2, 0.25) is 0 Å². The molecule has 4 aliphatic carbocycles. The van der Waals surface area contributed by atoms with Crippen molar-refractivity contribution in [3.05, 3.63) is 0 Å². The molecule has 0 radical (unpaired) electrons. The van der Waals surface area contributed by atoms with E-state index in [2.05, 4.69) is 20.8 Å². The average Bonchev–Trinajstić information content (AvgIpc) is 3.04. The lowest BCUT2D eigenvalue weighted by Gasteiger charge is -2.62. The van der Waals surface area contributed by atoms with E-state index < -0.39 is 5.97 Å². The van der Waals surface area contributed by atoms with Crippen molar-refractivity contribution in [3.8, 4) is 0 Å². The molecule has 176 valence electrons. The van der Waals surface area contributed by atoms with E-state index in [0.29, 0.717) is 35.5 Å². The fourth-order valence-electron chi connectivity index (χ4n) is 9.04. The number of carboxylic acids is 1. The van der Waals surface area contributed by atoms with Crippen LogP contribution < -0.4 is 0 Å². The molecule has 0 aliphatic heterocycles. The van der Waals surface area contributed by atoms with Gasteiger partial charge in [-0.25, -0.2) is 0 Å². The average molecular weight is 435 g/mol. The second-order valence-electron chi connectivity index (χ2n) is 11.9. The third-order valence-electron chi connectivity index (χ3n) is 10.5. The van der Waals surface area contributed by atoms with Gasteiger partial charge in [-0.1, -0.05) is 20.8 Å². The molecule has 4 aliphatic rings. The van der Waals surface area contributed by atoms with Crippen LogP contribution >= 0.6 is 0 Å². The molecule has 0 aromatic rings. The van der Waals surface area contributed by atoms with Gasteiger partial charge in [0.2, 0.25) is 0 Å². The van der Waals surface area contributed by atoms with Gasteiger partial charge >= 0.3 is 11.9 Å². The van der Waals surface area contributed by atoms with Gasteiger partial charge in [0, 0.05) is 19.3 Å². The Morgan fingerprint density at radius 3 is 2.39 bits per heavy atom. The molecule has 5 heteroatoms. The number of fused-ring (bicyclic) bond motifs is 5. The van der Waals surface area contributed by atoms with Gasteiger partial charge in [-0.15, -0.1) is 0 Å². The Hall–Kier alpha value is -1.10. The third-order valence-corrected chi connectivity index (χ3v) is 10.5. The first-order valence-electron chi connectivity index (χ1n) is 12.6. The highest BCUT2D eigenvalue weighted by molar-refractivity contribution is 5.66. The van der Waals surface area contributed by atoms with Crippen LogP contribution in [0.5, 0.6) is 0 Å². The number of hydrogen-bond acceptors (Lipinski definition) is 4. The Morgan fingerprint density at radius 2 is 1.71 bits per heavy atom. The lowest BCUT2D eigenvalue weighted by Crippen LogP contribution is -2.59. The zero-order chi connectivity index (χ0) is 22.6. The number of carbonyl (C=O) groups excluding carboxylic acids is 1. The number of aliphatic hydroxyl groups is 1. The smallest absolute Gasteiger partial charge is 0.303 e. The van der Waals surface area contributed by atoms with Crippen molar-refractivity contribution < 1.29 is 24.5 Å². The predicted octanol–water partition coefficient (Wildman–Crippen LogP) is 5.05. The van der Waals surface area contributed by atoms with Gasteiger partial charge in [-0.3, -0.25) is 9.59 Å². The first kappa shape index (κ1) is 23.1. The van der Waals surface area contributed by atoms with Crippen LogP contribution in [-0.4, -0.2) is 34.4 Å². The minimum absolute atomic E-state index is 0.0384. The summed E-state index contributed by atoms with van der Waals surface area (Å²) in [5.41, 5.74) is 0.434. The van der Waals surface area contributed by atoms with E-state index >= 15 is 0 Å². The largest absolute Gasteiger partial charge is 0.481 e. The molecule has 0 amide bonds. The van der Waals surface area contributed by atoms with Crippen LogP contribution in [0.25, 0.3) is 0 Å². The maximum absolute atomic E-state index is 12.1. The highest BCUT2D eigenvalue weighted by Gasteiger charge is 2.63. The zero-order valence-corrected chi connectivity index (χ0v) is 19.8. The number of esters is 1. The van der Waals surface area contributed by atoms with E-state index in [4.69, 9.17) is 9.84 Å². The second kappa shape index (κ2) is 8.35. The first-order valence-corrected chi connectivity index (χ1v) is 12.6. The highest BCUT2D eigenvalue weighted by Crippen LogP contribution is 2.68. The third kappa shape index (κ3) is 3.94. The van der Waals surface area contributed by atoms with E-state index in [-0.39, 0.29) is 35.4 Å². The monoisotopic (exact) mass is 434 g/mol. The molecule has 4 fully saturated rings. The van der Waals surface area contributed by atoms with Crippen LogP contribution in [0.3, 0.4) is 0 Å². The van der Waals surface area contributed by atoms with Crippen molar-refractivity contribution in [1.82, 2.24) is 0 Å². The van der Waals surface area contributed by atoms with Crippen molar-refractivity contribution in [2.24, 2.45) is 46.3 Å². The van der Waals surface area contributed by atoms with Crippen LogP contribution in [-0.2, 0) is 14.3 Å². The SMILES string of the molecule is CC(=O)O[C@@H]1C[C@@H]2C[C@H](O)CC[C@]2(C)[C@H]2CC[C@]3(C)[C@@H]([C@@H](C)CCC(=O)O)CC[C@H]3[C@H]12. The molecule has 31 heavy (non-hydrogen) atoms. The van der Waals surface area contributed by atoms with Gasteiger partial charge in [0.05, 0.1) is 6.10 Å². The molecule has 4 rings (SSSR count). The summed E-state index contributed by atoms with van der Waals surface area (Å²) in [6.07, 6.45) is 9.14. The van der Waals surface area contributed by atoms with Crippen LogP contribution in [0.15, 0.2) is 0 Å². The lowest BCUT2D eigenvalue weighted by molar-refractivity contribution is -0.194. The van der Waals surface area contributed by atoms with E-state index in [9.17, 15) is 14.7 Å². The van der Waals surface area contributed by atoms with Crippen molar-refractivity contribution in [2.75, 3.05) is 0 Å². The standard InChI is InChI=1S/C26H42O5/c1-15(5-8-23(29)30)19-6-7-20-24-21(10-12-26(19,20)4)25(3)11-9-18(28)13-17(25)14-22(24)31-16(2)27/h15,17-22,24,28H,5-14H2,1-4H3,(H,29,30)/t15-,17-,18+,19+,20-,21-,22+,24-,25-,26+/m0/s1. The Balaban J connectivity index is 1.62. The molecule has 0 aromatic heterocycles. The molecular weight excluding hydrogens is 392 g/mol. The molecular formula is C26H42O5. The van der Waals surface area contributed by atoms with Crippen LogP contribution in [0, 0.1) is 46.3 Å². The number of carboxylic acid groups (broad SMARTS) is 1. The minimum atomic E-state index is -0.698. The van der Waals surface area contributed by atoms with Gasteiger partial charge in [-0.05, 0) is 98.2 Å². The maximum atomic E-state index is 12.1. The second-order valence-corrected chi connectivity index (χ2v) is 11.9. The van der Waals surface area contributed by atoms with Gasteiger partial charge in [0.1, 0.15) is 6.10 Å². The number of aliphatic carboxylic acids is 1. The fourth-order valence-corrected chi connectivity index (χ4v) is 9.04. The summed E-state index contributed by atoms with van der Waals surface area (Å²) in [7, 11) is 0. The summed E-state index contributed by atoms with van der Waals surface area (Å²) in [6, 6.07) is 0. The van der Waals surface area contributed by atoms with E-state index in [1.165, 1.54) is 26.2 Å². The van der Waals surface area contributed by atoms with E-state index in [1.54, 1.807) is 0 Å². The Kier molecular flexibility index (Phi) is 6.22. The van der Waals surface area contributed by atoms with Crippen molar-refractivity contribution in [2.45, 2.75) is 104 Å². The Bertz CT molecular complexity index is 706. The maximum Gasteiger partial charge on any atom is 0.303 e. The molecule has 0 unspecified atom stereocenters.